The van der Waals surface area contributed by atoms with Crippen molar-refractivity contribution in [2.45, 2.75) is 26.0 Å². The van der Waals surface area contributed by atoms with Gasteiger partial charge in [-0.05, 0) is 36.1 Å². The molecule has 0 saturated carbocycles. The number of hydrogen-bond donors (Lipinski definition) is 1. The van der Waals surface area contributed by atoms with Crippen LogP contribution < -0.4 is 10.1 Å². The van der Waals surface area contributed by atoms with Crippen LogP contribution in [-0.4, -0.2) is 30.1 Å². The van der Waals surface area contributed by atoms with Crippen LogP contribution in [0.3, 0.4) is 0 Å². The quantitative estimate of drug-likeness (QED) is 0.939. The van der Waals surface area contributed by atoms with Crippen molar-refractivity contribution in [3.05, 3.63) is 52.2 Å². The molecule has 0 spiro atoms. The van der Waals surface area contributed by atoms with Crippen molar-refractivity contribution < 1.29 is 9.53 Å². The van der Waals surface area contributed by atoms with Gasteiger partial charge in [0.1, 0.15) is 11.9 Å². The fourth-order valence-electron chi connectivity index (χ4n) is 2.55. The minimum Gasteiger partial charge on any atom is -0.489 e. The van der Waals surface area contributed by atoms with E-state index in [1.165, 1.54) is 10.4 Å². The summed E-state index contributed by atoms with van der Waals surface area (Å²) in [6.07, 6.45) is 0.956. The zero-order chi connectivity index (χ0) is 15.4. The highest BCUT2D eigenvalue weighted by molar-refractivity contribution is 7.10. The van der Waals surface area contributed by atoms with Gasteiger partial charge in [0.25, 0.3) is 0 Å². The summed E-state index contributed by atoms with van der Waals surface area (Å²) in [4.78, 5) is 15.3. The maximum atomic E-state index is 12.2. The summed E-state index contributed by atoms with van der Waals surface area (Å²) in [5.74, 6) is 0.865. The fourth-order valence-corrected chi connectivity index (χ4v) is 3.40. The maximum absolute atomic E-state index is 12.2. The van der Waals surface area contributed by atoms with Crippen LogP contribution in [0.4, 0.5) is 4.79 Å². The lowest BCUT2D eigenvalue weighted by molar-refractivity contribution is 0.186. The molecule has 0 unspecified atom stereocenters. The number of nitrogens with one attached hydrogen (secondary N) is 1. The maximum Gasteiger partial charge on any atom is 0.317 e. The molecule has 0 bridgehead atoms. The molecule has 116 valence electrons. The molecule has 1 saturated heterocycles. The molecule has 5 heteroatoms. The van der Waals surface area contributed by atoms with Crippen LogP contribution in [0.5, 0.6) is 5.75 Å². The Balaban J connectivity index is 1.47. The highest BCUT2D eigenvalue weighted by atomic mass is 32.1. The van der Waals surface area contributed by atoms with Crippen molar-refractivity contribution in [1.29, 1.82) is 0 Å². The topological polar surface area (TPSA) is 41.6 Å². The number of hydrogen-bond acceptors (Lipinski definition) is 3. The highest BCUT2D eigenvalue weighted by Crippen LogP contribution is 2.19. The molecular formula is C17H20N2O2S. The van der Waals surface area contributed by atoms with Crippen LogP contribution in [0.1, 0.15) is 16.9 Å². The Bertz CT molecular complexity index is 627. The van der Waals surface area contributed by atoms with Crippen LogP contribution in [0, 0.1) is 6.92 Å². The van der Waals surface area contributed by atoms with Crippen molar-refractivity contribution >= 4 is 17.4 Å². The molecule has 1 aromatic carbocycles. The smallest absolute Gasteiger partial charge is 0.317 e. The zero-order valence-electron chi connectivity index (χ0n) is 12.6. The summed E-state index contributed by atoms with van der Waals surface area (Å²) >= 11 is 1.68. The van der Waals surface area contributed by atoms with E-state index in [-0.39, 0.29) is 12.1 Å². The third kappa shape index (κ3) is 3.60. The van der Waals surface area contributed by atoms with E-state index in [1.807, 2.05) is 35.2 Å². The number of amides is 2. The second-order valence-corrected chi connectivity index (χ2v) is 6.47. The number of urea groups is 1. The molecule has 1 aromatic heterocycles. The third-order valence-corrected chi connectivity index (χ3v) is 4.87. The molecular weight excluding hydrogens is 296 g/mol. The Morgan fingerprint density at radius 1 is 1.36 bits per heavy atom. The van der Waals surface area contributed by atoms with E-state index in [2.05, 4.69) is 23.7 Å². The molecule has 1 aliphatic heterocycles. The van der Waals surface area contributed by atoms with Crippen LogP contribution in [0.25, 0.3) is 0 Å². The van der Waals surface area contributed by atoms with Gasteiger partial charge < -0.3 is 15.0 Å². The Morgan fingerprint density at radius 2 is 2.18 bits per heavy atom. The first-order valence-corrected chi connectivity index (χ1v) is 8.38. The average Bonchev–Trinajstić information content (AvgIpc) is 3.15. The van der Waals surface area contributed by atoms with Crippen LogP contribution >= 0.6 is 11.3 Å². The van der Waals surface area contributed by atoms with Crippen LogP contribution in [0.2, 0.25) is 0 Å². The van der Waals surface area contributed by atoms with E-state index >= 15 is 0 Å². The summed E-state index contributed by atoms with van der Waals surface area (Å²) in [6.45, 7) is 4.05. The van der Waals surface area contributed by atoms with Gasteiger partial charge in [0, 0.05) is 17.8 Å². The Labute approximate surface area is 134 Å². The first-order valence-electron chi connectivity index (χ1n) is 7.50. The molecule has 2 aromatic rings. The first-order chi connectivity index (χ1) is 10.7. The third-order valence-electron chi connectivity index (χ3n) is 3.85. The monoisotopic (exact) mass is 316 g/mol. The zero-order valence-corrected chi connectivity index (χ0v) is 13.4. The molecule has 3 rings (SSSR count). The summed E-state index contributed by atoms with van der Waals surface area (Å²) in [7, 11) is 0. The lowest BCUT2D eigenvalue weighted by atomic mass is 10.3. The van der Waals surface area contributed by atoms with Gasteiger partial charge in [-0.3, -0.25) is 0 Å². The lowest BCUT2D eigenvalue weighted by Gasteiger charge is -2.18. The minimum atomic E-state index is -0.00744. The molecule has 0 radical (unpaired) electrons. The molecule has 1 N–H and O–H groups in total. The van der Waals surface area contributed by atoms with E-state index in [0.717, 1.165) is 18.7 Å². The van der Waals surface area contributed by atoms with Gasteiger partial charge in [-0.25, -0.2) is 4.79 Å². The predicted octanol–water partition coefficient (Wildman–Crippen LogP) is 3.42. The number of likely N-dealkylation sites (tertiary alicyclic amines) is 1. The standard InChI is InChI=1S/C17H20N2O2S/c1-13-8-10-22-16(13)11-18-17(20)19-9-7-15(12-19)21-14-5-3-2-4-6-14/h2-6,8,10,15H,7,9,11-12H2,1H3,(H,18,20)/t15-/m1/s1. The van der Waals surface area contributed by atoms with E-state index in [4.69, 9.17) is 4.74 Å². The SMILES string of the molecule is Cc1ccsc1CNC(=O)N1CC[C@@H](Oc2ccccc2)C1. The van der Waals surface area contributed by atoms with Gasteiger partial charge in [-0.15, -0.1) is 11.3 Å². The molecule has 4 nitrogen and oxygen atoms in total. The molecule has 1 fully saturated rings. The summed E-state index contributed by atoms with van der Waals surface area (Å²) in [5.41, 5.74) is 1.23. The molecule has 2 heterocycles. The van der Waals surface area contributed by atoms with Crippen molar-refractivity contribution in [2.24, 2.45) is 0 Å². The van der Waals surface area contributed by atoms with E-state index in [1.54, 1.807) is 11.3 Å². The Morgan fingerprint density at radius 3 is 2.91 bits per heavy atom. The average molecular weight is 316 g/mol. The number of nitrogens with zero attached hydrogens (tertiary/aromatic N) is 1. The minimum absolute atomic E-state index is 0.00744. The molecule has 1 atom stereocenters. The first kappa shape index (κ1) is 14.9. The number of para-hydroxylation sites is 1. The van der Waals surface area contributed by atoms with Crippen molar-refractivity contribution in [1.82, 2.24) is 10.2 Å². The number of aryl methyl sites for hydroxylation is 1. The second kappa shape index (κ2) is 6.83. The molecule has 1 aliphatic rings. The second-order valence-electron chi connectivity index (χ2n) is 5.47. The lowest BCUT2D eigenvalue weighted by Crippen LogP contribution is -2.39. The van der Waals surface area contributed by atoms with Gasteiger partial charge >= 0.3 is 6.03 Å². The van der Waals surface area contributed by atoms with Crippen molar-refractivity contribution in [3.63, 3.8) is 0 Å². The van der Waals surface area contributed by atoms with Crippen molar-refractivity contribution in [2.75, 3.05) is 13.1 Å². The largest absolute Gasteiger partial charge is 0.489 e. The number of carbonyl (C=O) groups excluding carboxylic acids is 1. The van der Waals surface area contributed by atoms with Crippen molar-refractivity contribution in [3.8, 4) is 5.75 Å². The Kier molecular flexibility index (Phi) is 4.63. The van der Waals surface area contributed by atoms with E-state index < -0.39 is 0 Å². The van der Waals surface area contributed by atoms with E-state index in [0.29, 0.717) is 13.1 Å². The normalized spacial score (nSPS) is 17.5. The van der Waals surface area contributed by atoms with Crippen LogP contribution in [-0.2, 0) is 6.54 Å². The van der Waals surface area contributed by atoms with Crippen LogP contribution in [0.15, 0.2) is 41.8 Å². The highest BCUT2D eigenvalue weighted by Gasteiger charge is 2.27. The molecule has 22 heavy (non-hydrogen) atoms. The number of carbonyl (C=O) groups is 1. The number of rotatable bonds is 4. The molecule has 2 amide bonds. The summed E-state index contributed by atoms with van der Waals surface area (Å²) < 4.78 is 5.91. The summed E-state index contributed by atoms with van der Waals surface area (Å²) in [5, 5.41) is 5.05. The fraction of sp³-hybridized carbons (Fsp3) is 0.353. The molecule has 0 aliphatic carbocycles. The number of thiophene rings is 1. The van der Waals surface area contributed by atoms with Gasteiger partial charge in [0.15, 0.2) is 0 Å². The van der Waals surface area contributed by atoms with Gasteiger partial charge in [0.2, 0.25) is 0 Å². The Hall–Kier alpha value is -2.01. The van der Waals surface area contributed by atoms with Gasteiger partial charge in [-0.2, -0.15) is 0 Å². The van der Waals surface area contributed by atoms with Gasteiger partial charge in [0.05, 0.1) is 13.1 Å². The van der Waals surface area contributed by atoms with E-state index in [9.17, 15) is 4.79 Å². The number of benzene rings is 1. The predicted molar refractivity (Wildman–Crippen MR) is 88.3 cm³/mol. The number of ether oxygens (including phenoxy) is 1. The summed E-state index contributed by atoms with van der Waals surface area (Å²) in [6, 6.07) is 11.8. The van der Waals surface area contributed by atoms with Gasteiger partial charge in [-0.1, -0.05) is 18.2 Å².